The van der Waals surface area contributed by atoms with E-state index >= 15 is 0 Å². The molecule has 0 saturated carbocycles. The maximum Gasteiger partial charge on any atom is 0.194 e. The molecule has 0 spiro atoms. The first-order valence-electron chi connectivity index (χ1n) is 7.60. The first-order chi connectivity index (χ1) is 11.9. The number of benzene rings is 1. The molecule has 5 nitrogen and oxygen atoms in total. The molecule has 1 aliphatic rings. The Hall–Kier alpha value is -2.11. The molecule has 1 aromatic heterocycles. The highest BCUT2D eigenvalue weighted by Gasteiger charge is 2.28. The molecule has 3 rings (SSSR count). The molecular formula is C18H15Cl2NO4. The van der Waals surface area contributed by atoms with E-state index in [0.29, 0.717) is 27.3 Å². The fraction of sp³-hybridized carbons (Fsp3) is 0.278. The Kier molecular flexibility index (Phi) is 4.97. The number of nitrogens with zero attached hydrogens (tertiary/aromatic N) is 1. The summed E-state index contributed by atoms with van der Waals surface area (Å²) in [7, 11) is 1.50. The zero-order valence-corrected chi connectivity index (χ0v) is 15.1. The van der Waals surface area contributed by atoms with E-state index in [9.17, 15) is 9.59 Å². The third-order valence-corrected chi connectivity index (χ3v) is 4.88. The summed E-state index contributed by atoms with van der Waals surface area (Å²) in [6.45, 7) is 1.40. The molecule has 0 aliphatic carbocycles. The molecule has 2 unspecified atom stereocenters. The summed E-state index contributed by atoms with van der Waals surface area (Å²) in [6, 6.07) is 4.85. The number of ether oxygens (including phenoxy) is 1. The lowest BCUT2D eigenvalue weighted by atomic mass is 9.93. The van der Waals surface area contributed by atoms with Crippen molar-refractivity contribution in [3.8, 4) is 5.75 Å². The maximum atomic E-state index is 12.8. The summed E-state index contributed by atoms with van der Waals surface area (Å²) in [5.41, 5.74) is 0.802. The lowest BCUT2D eigenvalue weighted by molar-refractivity contribution is 0.0968. The summed E-state index contributed by atoms with van der Waals surface area (Å²) < 4.78 is 10.8. The number of Topliss-reactive ketones (excluding diaryl/α,β-unsaturated/α-hetero) is 2. The molecule has 7 heteroatoms. The van der Waals surface area contributed by atoms with Gasteiger partial charge in [0.05, 0.1) is 12.5 Å². The quantitative estimate of drug-likeness (QED) is 0.561. The van der Waals surface area contributed by atoms with Crippen LogP contribution in [0.15, 0.2) is 38.8 Å². The summed E-state index contributed by atoms with van der Waals surface area (Å²) >= 11 is 12.4. The van der Waals surface area contributed by atoms with Gasteiger partial charge < -0.3 is 9.15 Å². The zero-order valence-electron chi connectivity index (χ0n) is 13.6. The Bertz CT molecular complexity index is 913. The monoisotopic (exact) mass is 379 g/mol. The van der Waals surface area contributed by atoms with Crippen molar-refractivity contribution in [2.24, 2.45) is 10.9 Å². The Morgan fingerprint density at radius 1 is 1.36 bits per heavy atom. The lowest BCUT2D eigenvalue weighted by Crippen LogP contribution is -2.22. The highest BCUT2D eigenvalue weighted by atomic mass is 35.5. The van der Waals surface area contributed by atoms with Crippen LogP contribution in [0.2, 0.25) is 0 Å². The number of alkyl halides is 1. The van der Waals surface area contributed by atoms with Crippen LogP contribution in [0.4, 0.5) is 0 Å². The predicted molar refractivity (Wildman–Crippen MR) is 97.3 cm³/mol. The first-order valence-corrected chi connectivity index (χ1v) is 8.41. The number of furan rings is 1. The number of fused-ring (bicyclic) bond motifs is 1. The van der Waals surface area contributed by atoms with E-state index in [2.05, 4.69) is 4.99 Å². The maximum absolute atomic E-state index is 12.8. The summed E-state index contributed by atoms with van der Waals surface area (Å²) in [5.74, 6) is -0.0961. The zero-order chi connectivity index (χ0) is 18.1. The van der Waals surface area contributed by atoms with Gasteiger partial charge in [-0.1, -0.05) is 11.6 Å². The SMILES string of the molecule is COc1ccc(C(=O)CC2C(Cl)=CN=CC2Cl)c2cc(C(C)=O)oc12. The number of allylic oxidation sites excluding steroid dienone is 1. The molecule has 1 aliphatic heterocycles. The summed E-state index contributed by atoms with van der Waals surface area (Å²) in [4.78, 5) is 28.4. The Balaban J connectivity index is 2.00. The van der Waals surface area contributed by atoms with Crippen molar-refractivity contribution in [3.05, 3.63) is 40.8 Å². The predicted octanol–water partition coefficient (Wildman–Crippen LogP) is 4.61. The van der Waals surface area contributed by atoms with Crippen LogP contribution in [0.3, 0.4) is 0 Å². The molecule has 0 bridgehead atoms. The van der Waals surface area contributed by atoms with Crippen LogP contribution in [-0.4, -0.2) is 30.3 Å². The average Bonchev–Trinajstić information content (AvgIpc) is 3.02. The third-order valence-electron chi connectivity index (χ3n) is 4.08. The number of ketones is 2. The molecule has 2 aromatic rings. The van der Waals surface area contributed by atoms with Crippen molar-refractivity contribution >= 4 is 52.0 Å². The topological polar surface area (TPSA) is 68.9 Å². The normalized spacial score (nSPS) is 19.8. The van der Waals surface area contributed by atoms with Gasteiger partial charge in [-0.15, -0.1) is 11.6 Å². The number of hydrogen-bond acceptors (Lipinski definition) is 5. The van der Waals surface area contributed by atoms with Crippen LogP contribution in [-0.2, 0) is 0 Å². The van der Waals surface area contributed by atoms with E-state index in [4.69, 9.17) is 32.4 Å². The van der Waals surface area contributed by atoms with Gasteiger partial charge in [-0.3, -0.25) is 14.6 Å². The second-order valence-electron chi connectivity index (χ2n) is 5.72. The molecule has 0 fully saturated rings. The fourth-order valence-electron chi connectivity index (χ4n) is 2.74. The largest absolute Gasteiger partial charge is 0.493 e. The van der Waals surface area contributed by atoms with Crippen molar-refractivity contribution in [2.45, 2.75) is 18.7 Å². The molecule has 25 heavy (non-hydrogen) atoms. The molecule has 130 valence electrons. The number of hydrogen-bond donors (Lipinski definition) is 0. The lowest BCUT2D eigenvalue weighted by Gasteiger charge is -2.20. The standard InChI is InChI=1S/C18H15Cl2NO4/c1-9(22)17-6-11-10(3-4-16(24-2)18(11)25-17)15(23)5-12-13(19)7-21-8-14(12)20/h3-4,6-8,12-13H,5H2,1-2H3. The minimum Gasteiger partial charge on any atom is -0.493 e. The van der Waals surface area contributed by atoms with Crippen molar-refractivity contribution in [1.29, 1.82) is 0 Å². The summed E-state index contributed by atoms with van der Waals surface area (Å²) in [6.07, 6.45) is 3.17. The van der Waals surface area contributed by atoms with Crippen LogP contribution in [0.5, 0.6) is 5.75 Å². The van der Waals surface area contributed by atoms with E-state index in [1.807, 2.05) is 0 Å². The van der Waals surface area contributed by atoms with Gasteiger partial charge in [0.15, 0.2) is 28.7 Å². The number of carbonyl (C=O) groups excluding carboxylic acids is 2. The number of halogens is 2. The van der Waals surface area contributed by atoms with Crippen molar-refractivity contribution in [2.75, 3.05) is 7.11 Å². The van der Waals surface area contributed by atoms with E-state index in [1.165, 1.54) is 20.2 Å². The molecular weight excluding hydrogens is 365 g/mol. The Labute approximate surface area is 154 Å². The summed E-state index contributed by atoms with van der Waals surface area (Å²) in [5, 5.41) is 0.523. The number of carbonyl (C=O) groups is 2. The fourth-order valence-corrected chi connectivity index (χ4v) is 3.37. The second kappa shape index (κ2) is 7.02. The molecule has 2 heterocycles. The Morgan fingerprint density at radius 2 is 2.12 bits per heavy atom. The molecule has 0 radical (unpaired) electrons. The van der Waals surface area contributed by atoms with E-state index in [1.54, 1.807) is 24.4 Å². The molecule has 2 atom stereocenters. The van der Waals surface area contributed by atoms with Gasteiger partial charge in [-0.05, 0) is 18.2 Å². The van der Waals surface area contributed by atoms with Gasteiger partial charge in [0, 0.05) is 47.7 Å². The van der Waals surface area contributed by atoms with Crippen LogP contribution in [0.25, 0.3) is 11.0 Å². The van der Waals surface area contributed by atoms with Crippen LogP contribution >= 0.6 is 23.2 Å². The molecule has 1 aromatic carbocycles. The van der Waals surface area contributed by atoms with Crippen LogP contribution < -0.4 is 4.74 Å². The number of aliphatic imine (C=N–C) groups is 1. The highest BCUT2D eigenvalue weighted by Crippen LogP contribution is 2.35. The Morgan fingerprint density at radius 3 is 2.76 bits per heavy atom. The minimum atomic E-state index is -0.452. The first kappa shape index (κ1) is 17.7. The van der Waals surface area contributed by atoms with Crippen molar-refractivity contribution in [1.82, 2.24) is 0 Å². The second-order valence-corrected chi connectivity index (χ2v) is 6.66. The van der Waals surface area contributed by atoms with Crippen molar-refractivity contribution < 1.29 is 18.7 Å². The van der Waals surface area contributed by atoms with E-state index in [-0.39, 0.29) is 29.7 Å². The number of methoxy groups -OCH3 is 1. The molecule has 0 saturated heterocycles. The highest BCUT2D eigenvalue weighted by molar-refractivity contribution is 6.34. The van der Waals surface area contributed by atoms with Gasteiger partial charge in [0.25, 0.3) is 0 Å². The third kappa shape index (κ3) is 3.34. The smallest absolute Gasteiger partial charge is 0.194 e. The van der Waals surface area contributed by atoms with Gasteiger partial charge in [0.2, 0.25) is 0 Å². The number of rotatable bonds is 5. The molecule has 0 N–H and O–H groups in total. The van der Waals surface area contributed by atoms with Crippen LogP contribution in [0.1, 0.15) is 34.3 Å². The van der Waals surface area contributed by atoms with E-state index < -0.39 is 5.38 Å². The van der Waals surface area contributed by atoms with Crippen molar-refractivity contribution in [3.63, 3.8) is 0 Å². The van der Waals surface area contributed by atoms with Gasteiger partial charge in [-0.2, -0.15) is 0 Å². The van der Waals surface area contributed by atoms with Gasteiger partial charge >= 0.3 is 0 Å². The van der Waals surface area contributed by atoms with E-state index in [0.717, 1.165) is 0 Å². The molecule has 0 amide bonds. The average molecular weight is 380 g/mol. The minimum absolute atomic E-state index is 0.123. The van der Waals surface area contributed by atoms with Gasteiger partial charge in [-0.25, -0.2) is 0 Å². The van der Waals surface area contributed by atoms with Crippen LogP contribution in [0, 0.1) is 5.92 Å². The van der Waals surface area contributed by atoms with Gasteiger partial charge in [0.1, 0.15) is 0 Å².